The maximum atomic E-state index is 4.59. The molecule has 2 N–H and O–H groups in total. The molecular formula is C14H28IN5. The molecule has 0 aliphatic carbocycles. The molecule has 5 nitrogen and oxygen atoms in total. The second-order valence-electron chi connectivity index (χ2n) is 4.96. The van der Waals surface area contributed by atoms with Gasteiger partial charge >= 0.3 is 0 Å². The molecule has 0 saturated heterocycles. The first-order valence-electron chi connectivity index (χ1n) is 7.10. The highest BCUT2D eigenvalue weighted by atomic mass is 127. The monoisotopic (exact) mass is 393 g/mol. The predicted molar refractivity (Wildman–Crippen MR) is 95.9 cm³/mol. The first-order chi connectivity index (χ1) is 9.06. The van der Waals surface area contributed by atoms with Crippen LogP contribution in [0.15, 0.2) is 11.1 Å². The van der Waals surface area contributed by atoms with Gasteiger partial charge in [-0.05, 0) is 39.7 Å². The highest BCUT2D eigenvalue weighted by molar-refractivity contribution is 14.0. The van der Waals surface area contributed by atoms with E-state index in [1.807, 2.05) is 6.92 Å². The number of hydrogen-bond donors (Lipinski definition) is 2. The Morgan fingerprint density at radius 1 is 1.30 bits per heavy atom. The van der Waals surface area contributed by atoms with Crippen LogP contribution in [0.5, 0.6) is 0 Å². The number of nitrogens with zero attached hydrogens (tertiary/aromatic N) is 3. The Balaban J connectivity index is 0.00000361. The van der Waals surface area contributed by atoms with Crippen LogP contribution < -0.4 is 10.6 Å². The second-order valence-corrected chi connectivity index (χ2v) is 4.96. The van der Waals surface area contributed by atoms with Crippen molar-refractivity contribution in [3.8, 4) is 0 Å². The van der Waals surface area contributed by atoms with E-state index in [-0.39, 0.29) is 24.0 Å². The van der Waals surface area contributed by atoms with Crippen LogP contribution in [0.3, 0.4) is 0 Å². The Morgan fingerprint density at radius 2 is 1.90 bits per heavy atom. The van der Waals surface area contributed by atoms with Gasteiger partial charge in [0, 0.05) is 31.9 Å². The van der Waals surface area contributed by atoms with Crippen LogP contribution in [0.1, 0.15) is 32.2 Å². The Kier molecular flexibility index (Phi) is 9.62. The average molecular weight is 393 g/mol. The highest BCUT2D eigenvalue weighted by Crippen LogP contribution is 2.06. The van der Waals surface area contributed by atoms with E-state index in [9.17, 15) is 0 Å². The molecular weight excluding hydrogens is 365 g/mol. The molecule has 0 fully saturated rings. The largest absolute Gasteiger partial charge is 0.357 e. The summed E-state index contributed by atoms with van der Waals surface area (Å²) in [5, 5.41) is 11.0. The molecule has 0 saturated carbocycles. The Hall–Kier alpha value is -0.790. The summed E-state index contributed by atoms with van der Waals surface area (Å²) in [5.74, 6) is 1.36. The second kappa shape index (κ2) is 10.0. The van der Waals surface area contributed by atoms with Crippen molar-refractivity contribution in [2.45, 2.75) is 41.2 Å². The van der Waals surface area contributed by atoms with Gasteiger partial charge in [0.25, 0.3) is 0 Å². The van der Waals surface area contributed by atoms with Crippen LogP contribution in [0.4, 0.5) is 0 Å². The third kappa shape index (κ3) is 6.58. The number of rotatable bonds is 6. The van der Waals surface area contributed by atoms with Crippen molar-refractivity contribution in [1.82, 2.24) is 20.4 Å². The molecule has 1 rings (SSSR count). The number of aliphatic imine (C=N–C) groups is 1. The summed E-state index contributed by atoms with van der Waals surface area (Å²) in [6.07, 6.45) is 0. The molecule has 0 aliphatic rings. The maximum Gasteiger partial charge on any atom is 0.191 e. The van der Waals surface area contributed by atoms with Gasteiger partial charge in [-0.1, -0.05) is 6.92 Å². The van der Waals surface area contributed by atoms with Crippen LogP contribution in [0.25, 0.3) is 0 Å². The van der Waals surface area contributed by atoms with Gasteiger partial charge in [0.1, 0.15) is 0 Å². The van der Waals surface area contributed by atoms with Crippen molar-refractivity contribution in [3.05, 3.63) is 17.5 Å². The van der Waals surface area contributed by atoms with Gasteiger partial charge in [-0.25, -0.2) is 0 Å². The molecule has 116 valence electrons. The van der Waals surface area contributed by atoms with E-state index < -0.39 is 0 Å². The van der Waals surface area contributed by atoms with E-state index in [4.69, 9.17) is 0 Å². The lowest BCUT2D eigenvalue weighted by atomic mass is 10.2. The lowest BCUT2D eigenvalue weighted by molar-refractivity contribution is 0.450. The molecule has 0 aliphatic heterocycles. The van der Waals surface area contributed by atoms with Crippen LogP contribution in [0, 0.1) is 19.8 Å². The van der Waals surface area contributed by atoms with E-state index in [1.165, 1.54) is 5.69 Å². The van der Waals surface area contributed by atoms with E-state index in [2.05, 4.69) is 59.2 Å². The number of guanidine groups is 1. The van der Waals surface area contributed by atoms with Gasteiger partial charge < -0.3 is 10.6 Å². The van der Waals surface area contributed by atoms with Crippen molar-refractivity contribution in [2.75, 3.05) is 19.6 Å². The zero-order valence-electron chi connectivity index (χ0n) is 13.2. The molecule has 1 heterocycles. The summed E-state index contributed by atoms with van der Waals surface area (Å²) in [6, 6.07) is 2.11. The van der Waals surface area contributed by atoms with Crippen molar-refractivity contribution in [3.63, 3.8) is 0 Å². The molecule has 1 aromatic rings. The Morgan fingerprint density at radius 3 is 2.35 bits per heavy atom. The number of aromatic nitrogens is 2. The van der Waals surface area contributed by atoms with Crippen molar-refractivity contribution >= 4 is 29.9 Å². The topological polar surface area (TPSA) is 54.2 Å². The molecule has 20 heavy (non-hydrogen) atoms. The number of hydrogen-bond acceptors (Lipinski definition) is 2. The molecule has 1 aromatic heterocycles. The van der Waals surface area contributed by atoms with E-state index in [0.29, 0.717) is 5.92 Å². The van der Waals surface area contributed by atoms with Gasteiger partial charge in [0.15, 0.2) is 5.96 Å². The van der Waals surface area contributed by atoms with Crippen LogP contribution in [-0.4, -0.2) is 35.4 Å². The first kappa shape index (κ1) is 19.2. The van der Waals surface area contributed by atoms with Crippen molar-refractivity contribution in [2.24, 2.45) is 10.9 Å². The standard InChI is InChI=1S/C14H27N5.HI/c1-6-15-14(16-7-2)17-9-11(3)10-19-13(5)8-12(4)18-19;/h8,11H,6-7,9-10H2,1-5H3,(H2,15,16,17);1H. The van der Waals surface area contributed by atoms with Gasteiger partial charge in [-0.3, -0.25) is 9.67 Å². The molecule has 0 spiro atoms. The smallest absolute Gasteiger partial charge is 0.191 e. The lowest BCUT2D eigenvalue weighted by Gasteiger charge is -2.13. The van der Waals surface area contributed by atoms with Crippen LogP contribution in [-0.2, 0) is 6.54 Å². The van der Waals surface area contributed by atoms with E-state index >= 15 is 0 Å². The van der Waals surface area contributed by atoms with Gasteiger partial charge in [-0.2, -0.15) is 5.10 Å². The SMILES string of the molecule is CCNC(=NCC(C)Cn1nc(C)cc1C)NCC.I. The van der Waals surface area contributed by atoms with Gasteiger partial charge in [0.2, 0.25) is 0 Å². The summed E-state index contributed by atoms with van der Waals surface area (Å²) in [4.78, 5) is 4.59. The quantitative estimate of drug-likeness (QED) is 0.443. The first-order valence-corrected chi connectivity index (χ1v) is 7.10. The zero-order valence-corrected chi connectivity index (χ0v) is 15.6. The number of nitrogens with one attached hydrogen (secondary N) is 2. The summed E-state index contributed by atoms with van der Waals surface area (Å²) in [6.45, 7) is 14.0. The number of halogens is 1. The minimum absolute atomic E-state index is 0. The zero-order chi connectivity index (χ0) is 14.3. The minimum Gasteiger partial charge on any atom is -0.357 e. The fourth-order valence-corrected chi connectivity index (χ4v) is 1.97. The summed E-state index contributed by atoms with van der Waals surface area (Å²) < 4.78 is 2.07. The highest BCUT2D eigenvalue weighted by Gasteiger charge is 2.07. The molecule has 0 amide bonds. The molecule has 0 bridgehead atoms. The lowest BCUT2D eigenvalue weighted by Crippen LogP contribution is -2.37. The third-order valence-electron chi connectivity index (χ3n) is 2.84. The minimum atomic E-state index is 0. The third-order valence-corrected chi connectivity index (χ3v) is 2.84. The van der Waals surface area contributed by atoms with Crippen molar-refractivity contribution in [1.29, 1.82) is 0 Å². The summed E-state index contributed by atoms with van der Waals surface area (Å²) >= 11 is 0. The van der Waals surface area contributed by atoms with Gasteiger partial charge in [-0.15, -0.1) is 24.0 Å². The van der Waals surface area contributed by atoms with Gasteiger partial charge in [0.05, 0.1) is 5.69 Å². The number of aryl methyl sites for hydroxylation is 2. The maximum absolute atomic E-state index is 4.59. The van der Waals surface area contributed by atoms with E-state index in [1.54, 1.807) is 0 Å². The summed E-state index contributed by atoms with van der Waals surface area (Å²) in [5.41, 5.74) is 2.29. The molecule has 0 aromatic carbocycles. The molecule has 6 heteroatoms. The molecule has 1 atom stereocenters. The Bertz CT molecular complexity index is 406. The van der Waals surface area contributed by atoms with Crippen LogP contribution >= 0.6 is 24.0 Å². The normalized spacial score (nSPS) is 11.4. The average Bonchev–Trinajstić information content (AvgIpc) is 2.65. The van der Waals surface area contributed by atoms with Crippen LogP contribution in [0.2, 0.25) is 0 Å². The van der Waals surface area contributed by atoms with E-state index in [0.717, 1.165) is 37.8 Å². The summed E-state index contributed by atoms with van der Waals surface area (Å²) in [7, 11) is 0. The fraction of sp³-hybridized carbons (Fsp3) is 0.714. The Labute approximate surface area is 139 Å². The molecule has 1 unspecified atom stereocenters. The van der Waals surface area contributed by atoms with Crippen molar-refractivity contribution < 1.29 is 0 Å². The predicted octanol–water partition coefficient (Wildman–Crippen LogP) is 2.33. The molecule has 0 radical (unpaired) electrons. The fourth-order valence-electron chi connectivity index (χ4n) is 1.97.